The lowest BCUT2D eigenvalue weighted by Crippen LogP contribution is -2.27. The lowest BCUT2D eigenvalue weighted by molar-refractivity contribution is 0.0635. The van der Waals surface area contributed by atoms with E-state index in [1.54, 1.807) is 26.8 Å². The van der Waals surface area contributed by atoms with Crippen LogP contribution in [-0.2, 0) is 9.16 Å². The topological polar surface area (TPSA) is 64.1 Å². The summed E-state index contributed by atoms with van der Waals surface area (Å²) in [7, 11) is 0. The van der Waals surface area contributed by atoms with E-state index < -0.39 is 11.7 Å². The highest BCUT2D eigenvalue weighted by Crippen LogP contribution is 2.10. The maximum atomic E-state index is 11.4. The summed E-state index contributed by atoms with van der Waals surface area (Å²) in [5, 5.41) is 10.3. The number of anilines is 1. The summed E-state index contributed by atoms with van der Waals surface area (Å²) in [5.41, 5.74) is 0.356. The first-order valence-electron chi connectivity index (χ1n) is 4.79. The quantitative estimate of drug-likeness (QED) is 0.667. The molecule has 0 saturated carbocycles. The number of halogens is 1. The summed E-state index contributed by atoms with van der Waals surface area (Å²) in [6.07, 6.45) is -0.524. The third-order valence-electron chi connectivity index (χ3n) is 1.49. The highest BCUT2D eigenvalue weighted by molar-refractivity contribution is 14.1. The van der Waals surface area contributed by atoms with Crippen molar-refractivity contribution in [3.63, 3.8) is 0 Å². The Morgan fingerprint density at radius 2 is 2.12 bits per heavy atom. The van der Waals surface area contributed by atoms with Crippen LogP contribution in [0.4, 0.5) is 10.6 Å². The van der Waals surface area contributed by atoms with Crippen LogP contribution in [0.25, 0.3) is 0 Å². The fourth-order valence-corrected chi connectivity index (χ4v) is 1.31. The molecule has 0 unspecified atom stereocenters. The van der Waals surface area contributed by atoms with E-state index in [-0.39, 0.29) is 0 Å². The normalized spacial score (nSPS) is 11.0. The van der Waals surface area contributed by atoms with Crippen LogP contribution < -0.4 is 5.32 Å². The number of alkyl halides is 1. The van der Waals surface area contributed by atoms with Crippen LogP contribution in [-0.4, -0.2) is 21.9 Å². The van der Waals surface area contributed by atoms with Gasteiger partial charge in [-0.3, -0.25) is 5.32 Å². The zero-order chi connectivity index (χ0) is 12.2. The molecule has 1 amide bonds. The van der Waals surface area contributed by atoms with E-state index in [0.717, 1.165) is 10.1 Å². The SMILES string of the molecule is CC(C)(C)OC(=O)Nc1ccc(CI)nn1. The second-order valence-electron chi connectivity index (χ2n) is 4.17. The van der Waals surface area contributed by atoms with E-state index in [2.05, 4.69) is 38.1 Å². The first-order valence-corrected chi connectivity index (χ1v) is 6.32. The van der Waals surface area contributed by atoms with Crippen LogP contribution in [0.15, 0.2) is 12.1 Å². The Hall–Kier alpha value is -0.920. The van der Waals surface area contributed by atoms with Crippen LogP contribution in [0.3, 0.4) is 0 Å². The summed E-state index contributed by atoms with van der Waals surface area (Å²) in [4.78, 5) is 11.4. The first-order chi connectivity index (χ1) is 7.40. The summed E-state index contributed by atoms with van der Waals surface area (Å²) in [6.45, 7) is 5.41. The Balaban J connectivity index is 2.56. The van der Waals surface area contributed by atoms with Crippen LogP contribution in [0.5, 0.6) is 0 Å². The molecule has 0 aliphatic rings. The number of rotatable bonds is 2. The monoisotopic (exact) mass is 335 g/mol. The van der Waals surface area contributed by atoms with Gasteiger partial charge in [0.05, 0.1) is 5.69 Å². The Labute approximate surface area is 108 Å². The molecule has 0 bridgehead atoms. The molecular formula is C10H14IN3O2. The molecule has 1 rings (SSSR count). The van der Waals surface area contributed by atoms with Crippen molar-refractivity contribution in [3.05, 3.63) is 17.8 Å². The van der Waals surface area contributed by atoms with Crippen LogP contribution in [0, 0.1) is 0 Å². The van der Waals surface area contributed by atoms with Gasteiger partial charge in [0.2, 0.25) is 0 Å². The van der Waals surface area contributed by atoms with E-state index in [1.807, 2.05) is 6.07 Å². The van der Waals surface area contributed by atoms with Crippen molar-refractivity contribution in [1.29, 1.82) is 0 Å². The number of aromatic nitrogens is 2. The van der Waals surface area contributed by atoms with E-state index in [4.69, 9.17) is 4.74 Å². The molecule has 88 valence electrons. The standard InChI is InChI=1S/C10H14IN3O2/c1-10(2,3)16-9(15)12-8-5-4-7(6-11)13-14-8/h4-5H,6H2,1-3H3,(H,12,14,15). The van der Waals surface area contributed by atoms with Crippen molar-refractivity contribution < 1.29 is 9.53 Å². The molecule has 1 aromatic rings. The van der Waals surface area contributed by atoms with E-state index >= 15 is 0 Å². The van der Waals surface area contributed by atoms with Crippen LogP contribution in [0.2, 0.25) is 0 Å². The number of ether oxygens (including phenoxy) is 1. The maximum Gasteiger partial charge on any atom is 0.413 e. The van der Waals surface area contributed by atoms with E-state index in [0.29, 0.717) is 5.82 Å². The molecular weight excluding hydrogens is 321 g/mol. The number of nitrogens with one attached hydrogen (secondary N) is 1. The fourth-order valence-electron chi connectivity index (χ4n) is 0.906. The molecule has 0 spiro atoms. The summed E-state index contributed by atoms with van der Waals surface area (Å²) < 4.78 is 5.87. The lowest BCUT2D eigenvalue weighted by atomic mass is 10.2. The van der Waals surface area contributed by atoms with Crippen molar-refractivity contribution >= 4 is 34.5 Å². The third kappa shape index (κ3) is 4.73. The van der Waals surface area contributed by atoms with Gasteiger partial charge in [0.25, 0.3) is 0 Å². The van der Waals surface area contributed by atoms with Gasteiger partial charge in [0.15, 0.2) is 5.82 Å². The molecule has 0 aliphatic heterocycles. The molecule has 0 saturated heterocycles. The Morgan fingerprint density at radius 1 is 1.44 bits per heavy atom. The summed E-state index contributed by atoms with van der Waals surface area (Å²) in [6, 6.07) is 3.51. The molecule has 0 aliphatic carbocycles. The number of carbonyl (C=O) groups excluding carboxylic acids is 1. The zero-order valence-electron chi connectivity index (χ0n) is 9.45. The van der Waals surface area contributed by atoms with Gasteiger partial charge in [-0.05, 0) is 32.9 Å². The van der Waals surface area contributed by atoms with Crippen molar-refractivity contribution in [3.8, 4) is 0 Å². The minimum Gasteiger partial charge on any atom is -0.444 e. The second-order valence-corrected chi connectivity index (χ2v) is 4.93. The van der Waals surface area contributed by atoms with Crippen molar-refractivity contribution in [2.45, 2.75) is 30.8 Å². The van der Waals surface area contributed by atoms with Crippen molar-refractivity contribution in [1.82, 2.24) is 10.2 Å². The summed E-state index contributed by atoms with van der Waals surface area (Å²) >= 11 is 2.19. The average molecular weight is 335 g/mol. The van der Waals surface area contributed by atoms with Gasteiger partial charge >= 0.3 is 6.09 Å². The van der Waals surface area contributed by atoms with Gasteiger partial charge in [-0.1, -0.05) is 22.6 Å². The van der Waals surface area contributed by atoms with Gasteiger partial charge in [0.1, 0.15) is 5.60 Å². The minimum atomic E-state index is -0.524. The predicted octanol–water partition coefficient (Wildman–Crippen LogP) is 2.76. The molecule has 0 radical (unpaired) electrons. The number of carbonyl (C=O) groups is 1. The smallest absolute Gasteiger partial charge is 0.413 e. The molecule has 6 heteroatoms. The molecule has 1 heterocycles. The van der Waals surface area contributed by atoms with Crippen LogP contribution >= 0.6 is 22.6 Å². The van der Waals surface area contributed by atoms with Crippen molar-refractivity contribution in [2.24, 2.45) is 0 Å². The van der Waals surface area contributed by atoms with E-state index in [9.17, 15) is 4.79 Å². The highest BCUT2D eigenvalue weighted by atomic mass is 127. The summed E-state index contributed by atoms with van der Waals surface area (Å²) in [5.74, 6) is 0.392. The number of hydrogen-bond acceptors (Lipinski definition) is 4. The van der Waals surface area contributed by atoms with E-state index in [1.165, 1.54) is 0 Å². The van der Waals surface area contributed by atoms with Crippen LogP contribution in [0.1, 0.15) is 26.5 Å². The Bertz CT molecular complexity index is 359. The number of amides is 1. The Kier molecular flexibility index (Phi) is 4.45. The van der Waals surface area contributed by atoms with Gasteiger partial charge < -0.3 is 4.74 Å². The van der Waals surface area contributed by atoms with Gasteiger partial charge in [0, 0.05) is 4.43 Å². The molecule has 1 aromatic heterocycles. The third-order valence-corrected chi connectivity index (χ3v) is 2.27. The predicted molar refractivity (Wildman–Crippen MR) is 69.6 cm³/mol. The lowest BCUT2D eigenvalue weighted by Gasteiger charge is -2.19. The van der Waals surface area contributed by atoms with Gasteiger partial charge in [-0.25, -0.2) is 4.79 Å². The second kappa shape index (κ2) is 5.42. The number of hydrogen-bond donors (Lipinski definition) is 1. The van der Waals surface area contributed by atoms with Crippen molar-refractivity contribution in [2.75, 3.05) is 5.32 Å². The molecule has 16 heavy (non-hydrogen) atoms. The van der Waals surface area contributed by atoms with Gasteiger partial charge in [-0.15, -0.1) is 5.10 Å². The maximum absolute atomic E-state index is 11.4. The molecule has 0 aromatic carbocycles. The molecule has 1 N–H and O–H groups in total. The highest BCUT2D eigenvalue weighted by Gasteiger charge is 2.16. The zero-order valence-corrected chi connectivity index (χ0v) is 11.6. The minimum absolute atomic E-state index is 0.392. The first kappa shape index (κ1) is 13.1. The molecule has 0 fully saturated rings. The average Bonchev–Trinajstić information content (AvgIpc) is 2.16. The number of nitrogens with zero attached hydrogens (tertiary/aromatic N) is 2. The van der Waals surface area contributed by atoms with Gasteiger partial charge in [-0.2, -0.15) is 5.10 Å². The Morgan fingerprint density at radius 3 is 2.56 bits per heavy atom. The fraction of sp³-hybridized carbons (Fsp3) is 0.500. The molecule has 0 atom stereocenters. The largest absolute Gasteiger partial charge is 0.444 e. The molecule has 5 nitrogen and oxygen atoms in total.